The van der Waals surface area contributed by atoms with Crippen LogP contribution in [0.15, 0.2) is 30.5 Å². The SMILES string of the molecule is CCCn1ccc2cc(N)ccc21.Cl. The second-order valence-corrected chi connectivity index (χ2v) is 3.33. The summed E-state index contributed by atoms with van der Waals surface area (Å²) < 4.78 is 2.26. The summed E-state index contributed by atoms with van der Waals surface area (Å²) in [6, 6.07) is 8.16. The highest BCUT2D eigenvalue weighted by molar-refractivity contribution is 5.85. The highest BCUT2D eigenvalue weighted by Crippen LogP contribution is 2.18. The molecule has 0 saturated carbocycles. The Hall–Kier alpha value is -1.15. The molecule has 3 heteroatoms. The van der Waals surface area contributed by atoms with E-state index in [1.54, 1.807) is 0 Å². The van der Waals surface area contributed by atoms with Crippen LogP contribution in [0.3, 0.4) is 0 Å². The summed E-state index contributed by atoms with van der Waals surface area (Å²) in [6.07, 6.45) is 3.28. The number of fused-ring (bicyclic) bond motifs is 1. The maximum atomic E-state index is 5.70. The predicted molar refractivity (Wildman–Crippen MR) is 63.9 cm³/mol. The van der Waals surface area contributed by atoms with Crippen molar-refractivity contribution >= 4 is 29.0 Å². The van der Waals surface area contributed by atoms with Gasteiger partial charge in [0.1, 0.15) is 0 Å². The minimum absolute atomic E-state index is 0. The molecule has 76 valence electrons. The van der Waals surface area contributed by atoms with Crippen LogP contribution < -0.4 is 5.73 Å². The predicted octanol–water partition coefficient (Wildman–Crippen LogP) is 3.06. The Morgan fingerprint density at radius 2 is 2.07 bits per heavy atom. The van der Waals surface area contributed by atoms with Gasteiger partial charge in [0.25, 0.3) is 0 Å². The van der Waals surface area contributed by atoms with E-state index in [0.29, 0.717) is 0 Å². The van der Waals surface area contributed by atoms with E-state index in [4.69, 9.17) is 5.73 Å². The lowest BCUT2D eigenvalue weighted by molar-refractivity contribution is 0.703. The maximum absolute atomic E-state index is 5.70. The first kappa shape index (κ1) is 10.9. The van der Waals surface area contributed by atoms with E-state index in [2.05, 4.69) is 29.8 Å². The lowest BCUT2D eigenvalue weighted by Crippen LogP contribution is -1.93. The fourth-order valence-electron chi connectivity index (χ4n) is 1.65. The molecule has 0 aliphatic rings. The third kappa shape index (κ3) is 1.85. The first-order valence-corrected chi connectivity index (χ1v) is 4.65. The minimum atomic E-state index is 0. The summed E-state index contributed by atoms with van der Waals surface area (Å²) in [7, 11) is 0. The van der Waals surface area contributed by atoms with Crippen LogP contribution in [0.25, 0.3) is 10.9 Å². The van der Waals surface area contributed by atoms with Crippen LogP contribution in [-0.2, 0) is 6.54 Å². The molecular weight excluding hydrogens is 196 g/mol. The molecule has 0 amide bonds. The van der Waals surface area contributed by atoms with Crippen LogP contribution >= 0.6 is 12.4 Å². The van der Waals surface area contributed by atoms with Gasteiger partial charge in [0.15, 0.2) is 0 Å². The second-order valence-electron chi connectivity index (χ2n) is 3.33. The van der Waals surface area contributed by atoms with Crippen molar-refractivity contribution in [3.05, 3.63) is 30.5 Å². The first-order valence-electron chi connectivity index (χ1n) is 4.65. The minimum Gasteiger partial charge on any atom is -0.399 e. The molecule has 0 unspecified atom stereocenters. The van der Waals surface area contributed by atoms with Gasteiger partial charge in [-0.25, -0.2) is 0 Å². The normalized spacial score (nSPS) is 10.1. The molecular formula is C11H15ClN2. The molecule has 14 heavy (non-hydrogen) atoms. The number of nitrogens with zero attached hydrogens (tertiary/aromatic N) is 1. The zero-order valence-corrected chi connectivity index (χ0v) is 9.05. The lowest BCUT2D eigenvalue weighted by Gasteiger charge is -2.02. The molecule has 1 aromatic heterocycles. The maximum Gasteiger partial charge on any atom is 0.0481 e. The zero-order valence-electron chi connectivity index (χ0n) is 8.23. The molecule has 0 atom stereocenters. The molecule has 2 aromatic rings. The fourth-order valence-corrected chi connectivity index (χ4v) is 1.65. The van der Waals surface area contributed by atoms with Crippen molar-refractivity contribution in [1.82, 2.24) is 4.57 Å². The van der Waals surface area contributed by atoms with E-state index in [1.165, 1.54) is 10.9 Å². The Labute approximate surface area is 90.1 Å². The van der Waals surface area contributed by atoms with Crippen molar-refractivity contribution < 1.29 is 0 Å². The molecule has 0 spiro atoms. The quantitative estimate of drug-likeness (QED) is 0.759. The summed E-state index contributed by atoms with van der Waals surface area (Å²) in [5, 5.41) is 1.23. The van der Waals surface area contributed by atoms with Crippen LogP contribution in [0.1, 0.15) is 13.3 Å². The van der Waals surface area contributed by atoms with Gasteiger partial charge < -0.3 is 10.3 Å². The molecule has 0 bridgehead atoms. The number of anilines is 1. The number of halogens is 1. The van der Waals surface area contributed by atoms with Crippen LogP contribution in [-0.4, -0.2) is 4.57 Å². The van der Waals surface area contributed by atoms with Gasteiger partial charge in [-0.3, -0.25) is 0 Å². The molecule has 2 N–H and O–H groups in total. The summed E-state index contributed by atoms with van der Waals surface area (Å²) >= 11 is 0. The van der Waals surface area contributed by atoms with Gasteiger partial charge in [-0.05, 0) is 30.7 Å². The van der Waals surface area contributed by atoms with E-state index < -0.39 is 0 Å². The highest BCUT2D eigenvalue weighted by Gasteiger charge is 1.99. The smallest absolute Gasteiger partial charge is 0.0481 e. The number of rotatable bonds is 2. The van der Waals surface area contributed by atoms with E-state index in [1.807, 2.05) is 12.1 Å². The van der Waals surface area contributed by atoms with Gasteiger partial charge in [-0.2, -0.15) is 0 Å². The van der Waals surface area contributed by atoms with Gasteiger partial charge >= 0.3 is 0 Å². The van der Waals surface area contributed by atoms with Gasteiger partial charge in [0.2, 0.25) is 0 Å². The number of hydrogen-bond acceptors (Lipinski definition) is 1. The standard InChI is InChI=1S/C11H14N2.ClH/c1-2-6-13-7-5-9-8-10(12)3-4-11(9)13;/h3-5,7-8H,2,6,12H2,1H3;1H. The third-order valence-corrected chi connectivity index (χ3v) is 2.26. The monoisotopic (exact) mass is 210 g/mol. The molecule has 0 radical (unpaired) electrons. The largest absolute Gasteiger partial charge is 0.399 e. The number of nitrogens with two attached hydrogens (primary N) is 1. The van der Waals surface area contributed by atoms with Gasteiger partial charge in [-0.15, -0.1) is 12.4 Å². The lowest BCUT2D eigenvalue weighted by atomic mass is 10.2. The van der Waals surface area contributed by atoms with Crippen molar-refractivity contribution in [2.45, 2.75) is 19.9 Å². The Balaban J connectivity index is 0.000000980. The highest BCUT2D eigenvalue weighted by atomic mass is 35.5. The van der Waals surface area contributed by atoms with Crippen molar-refractivity contribution in [2.75, 3.05) is 5.73 Å². The number of hydrogen-bond donors (Lipinski definition) is 1. The second kappa shape index (κ2) is 4.38. The zero-order chi connectivity index (χ0) is 9.26. The van der Waals surface area contributed by atoms with Crippen molar-refractivity contribution in [3.8, 4) is 0 Å². The summed E-state index contributed by atoms with van der Waals surface area (Å²) in [4.78, 5) is 0. The van der Waals surface area contributed by atoms with Gasteiger partial charge in [-0.1, -0.05) is 6.92 Å². The molecule has 1 heterocycles. The molecule has 0 fully saturated rings. The van der Waals surface area contributed by atoms with Gasteiger partial charge in [0, 0.05) is 29.3 Å². The number of aromatic nitrogens is 1. The molecule has 0 saturated heterocycles. The number of aryl methyl sites for hydroxylation is 1. The Morgan fingerprint density at radius 3 is 2.79 bits per heavy atom. The summed E-state index contributed by atoms with van der Waals surface area (Å²) in [5.74, 6) is 0. The Kier molecular flexibility index (Phi) is 3.42. The first-order chi connectivity index (χ1) is 6.31. The number of nitrogen functional groups attached to an aromatic ring is 1. The van der Waals surface area contributed by atoms with E-state index >= 15 is 0 Å². The van der Waals surface area contributed by atoms with E-state index in [9.17, 15) is 0 Å². The summed E-state index contributed by atoms with van der Waals surface area (Å²) in [6.45, 7) is 3.26. The average molecular weight is 211 g/mol. The summed E-state index contributed by atoms with van der Waals surface area (Å²) in [5.41, 5.74) is 7.81. The Morgan fingerprint density at radius 1 is 1.29 bits per heavy atom. The average Bonchev–Trinajstić information content (AvgIpc) is 2.49. The van der Waals surface area contributed by atoms with Crippen LogP contribution in [0.4, 0.5) is 5.69 Å². The van der Waals surface area contributed by atoms with Crippen molar-refractivity contribution in [3.63, 3.8) is 0 Å². The Bertz CT molecular complexity index is 420. The topological polar surface area (TPSA) is 30.9 Å². The molecule has 0 aliphatic heterocycles. The molecule has 1 aromatic carbocycles. The van der Waals surface area contributed by atoms with E-state index in [0.717, 1.165) is 18.7 Å². The van der Waals surface area contributed by atoms with E-state index in [-0.39, 0.29) is 12.4 Å². The molecule has 2 nitrogen and oxygen atoms in total. The molecule has 2 rings (SSSR count). The van der Waals surface area contributed by atoms with Crippen LogP contribution in [0, 0.1) is 0 Å². The van der Waals surface area contributed by atoms with Crippen molar-refractivity contribution in [2.24, 2.45) is 0 Å². The van der Waals surface area contributed by atoms with Crippen LogP contribution in [0.2, 0.25) is 0 Å². The fraction of sp³-hybridized carbons (Fsp3) is 0.273. The van der Waals surface area contributed by atoms with Gasteiger partial charge in [0.05, 0.1) is 0 Å². The molecule has 0 aliphatic carbocycles. The van der Waals surface area contributed by atoms with Crippen molar-refractivity contribution in [1.29, 1.82) is 0 Å². The van der Waals surface area contributed by atoms with Crippen LogP contribution in [0.5, 0.6) is 0 Å². The third-order valence-electron chi connectivity index (χ3n) is 2.26. The number of benzene rings is 1.